The molecule has 0 bridgehead atoms. The van der Waals surface area contributed by atoms with Crippen LogP contribution in [0.15, 0.2) is 54.6 Å². The predicted octanol–water partition coefficient (Wildman–Crippen LogP) is 3.69. The predicted molar refractivity (Wildman–Crippen MR) is 117 cm³/mol. The lowest BCUT2D eigenvalue weighted by molar-refractivity contribution is -0.124. The monoisotopic (exact) mass is 393 g/mol. The maximum absolute atomic E-state index is 13.0. The first-order valence-electron chi connectivity index (χ1n) is 10.5. The van der Waals surface area contributed by atoms with Gasteiger partial charge in [0.25, 0.3) is 0 Å². The molecule has 0 aliphatic carbocycles. The maximum atomic E-state index is 13.0. The summed E-state index contributed by atoms with van der Waals surface area (Å²) >= 11 is 0. The summed E-state index contributed by atoms with van der Waals surface area (Å²) < 4.78 is 0. The number of para-hydroxylation sites is 1. The summed E-state index contributed by atoms with van der Waals surface area (Å²) in [4.78, 5) is 29.5. The molecule has 1 saturated heterocycles. The minimum Gasteiger partial charge on any atom is -0.352 e. The fraction of sp³-hybridized carbons (Fsp3) is 0.417. The van der Waals surface area contributed by atoms with Crippen LogP contribution < -0.4 is 10.2 Å². The molecule has 1 aliphatic heterocycles. The minimum atomic E-state index is -0.444. The quantitative estimate of drug-likeness (QED) is 0.744. The van der Waals surface area contributed by atoms with Gasteiger partial charge in [-0.2, -0.15) is 0 Å². The zero-order chi connectivity index (χ0) is 20.8. The third-order valence-corrected chi connectivity index (χ3v) is 5.73. The number of rotatable bonds is 8. The zero-order valence-corrected chi connectivity index (χ0v) is 17.6. The Balaban J connectivity index is 1.74. The number of hydrogen-bond donors (Lipinski definition) is 1. The van der Waals surface area contributed by atoms with Crippen LogP contribution in [0, 0.1) is 6.92 Å². The molecule has 154 valence electrons. The molecular weight excluding hydrogens is 362 g/mol. The normalized spacial score (nSPS) is 17.6. The van der Waals surface area contributed by atoms with Crippen LogP contribution in [0.3, 0.4) is 0 Å². The highest BCUT2D eigenvalue weighted by Crippen LogP contribution is 2.27. The van der Waals surface area contributed by atoms with Crippen molar-refractivity contribution in [2.24, 2.45) is 0 Å². The number of benzene rings is 2. The van der Waals surface area contributed by atoms with Gasteiger partial charge in [0.15, 0.2) is 0 Å². The van der Waals surface area contributed by atoms with Gasteiger partial charge in [0.1, 0.15) is 6.04 Å². The second-order valence-electron chi connectivity index (χ2n) is 7.55. The highest BCUT2D eigenvalue weighted by atomic mass is 16.2. The van der Waals surface area contributed by atoms with Crippen LogP contribution in [0.25, 0.3) is 0 Å². The molecule has 0 saturated carbocycles. The number of carbonyl (C=O) groups is 2. The molecule has 0 spiro atoms. The van der Waals surface area contributed by atoms with E-state index in [1.165, 1.54) is 11.1 Å². The maximum Gasteiger partial charge on any atom is 0.243 e. The zero-order valence-electron chi connectivity index (χ0n) is 17.6. The SMILES string of the molecule is CCN(CC)C(CNC(=O)C1CCC(=O)N1c1ccccc1)c1ccc(C)cc1. The van der Waals surface area contributed by atoms with Crippen molar-refractivity contribution in [1.82, 2.24) is 10.2 Å². The Morgan fingerprint density at radius 3 is 2.38 bits per heavy atom. The molecule has 1 N–H and O–H groups in total. The van der Waals surface area contributed by atoms with Gasteiger partial charge < -0.3 is 5.32 Å². The molecule has 2 unspecified atom stereocenters. The Kier molecular flexibility index (Phi) is 7.04. The smallest absolute Gasteiger partial charge is 0.243 e. The fourth-order valence-electron chi connectivity index (χ4n) is 4.07. The van der Waals surface area contributed by atoms with Gasteiger partial charge in [-0.25, -0.2) is 0 Å². The highest BCUT2D eigenvalue weighted by molar-refractivity contribution is 6.03. The fourth-order valence-corrected chi connectivity index (χ4v) is 4.07. The summed E-state index contributed by atoms with van der Waals surface area (Å²) in [6.07, 6.45) is 0.963. The lowest BCUT2D eigenvalue weighted by atomic mass is 10.0. The molecule has 5 heteroatoms. The number of likely N-dealkylation sites (N-methyl/N-ethyl adjacent to an activating group) is 1. The lowest BCUT2D eigenvalue weighted by Crippen LogP contribution is -2.47. The van der Waals surface area contributed by atoms with Crippen LogP contribution in [-0.4, -0.2) is 42.4 Å². The van der Waals surface area contributed by atoms with Gasteiger partial charge in [0, 0.05) is 18.7 Å². The third-order valence-electron chi connectivity index (χ3n) is 5.73. The Morgan fingerprint density at radius 1 is 1.10 bits per heavy atom. The van der Waals surface area contributed by atoms with Gasteiger partial charge in [-0.15, -0.1) is 0 Å². The van der Waals surface area contributed by atoms with E-state index in [4.69, 9.17) is 0 Å². The molecule has 0 aromatic heterocycles. The first kappa shape index (κ1) is 21.1. The van der Waals surface area contributed by atoms with E-state index in [0.29, 0.717) is 19.4 Å². The Morgan fingerprint density at radius 2 is 1.76 bits per heavy atom. The van der Waals surface area contributed by atoms with E-state index < -0.39 is 6.04 Å². The summed E-state index contributed by atoms with van der Waals surface area (Å²) in [6.45, 7) is 8.69. The molecule has 1 aliphatic rings. The van der Waals surface area contributed by atoms with Crippen molar-refractivity contribution in [3.63, 3.8) is 0 Å². The van der Waals surface area contributed by atoms with Crippen molar-refractivity contribution in [3.05, 3.63) is 65.7 Å². The summed E-state index contributed by atoms with van der Waals surface area (Å²) in [5.74, 6) is -0.0702. The highest BCUT2D eigenvalue weighted by Gasteiger charge is 2.37. The number of nitrogens with zero attached hydrogens (tertiary/aromatic N) is 2. The summed E-state index contributed by atoms with van der Waals surface area (Å²) in [6, 6.07) is 17.6. The third kappa shape index (κ3) is 4.85. The van der Waals surface area contributed by atoms with Gasteiger partial charge >= 0.3 is 0 Å². The largest absolute Gasteiger partial charge is 0.352 e. The summed E-state index contributed by atoms with van der Waals surface area (Å²) in [5.41, 5.74) is 3.20. The number of amides is 2. The van der Waals surface area contributed by atoms with E-state index in [2.05, 4.69) is 55.3 Å². The second kappa shape index (κ2) is 9.70. The number of nitrogens with one attached hydrogen (secondary N) is 1. The van der Waals surface area contributed by atoms with Crippen LogP contribution in [0.1, 0.15) is 43.9 Å². The van der Waals surface area contributed by atoms with Crippen LogP contribution in [0.5, 0.6) is 0 Å². The lowest BCUT2D eigenvalue weighted by Gasteiger charge is -2.31. The van der Waals surface area contributed by atoms with E-state index in [-0.39, 0.29) is 17.9 Å². The van der Waals surface area contributed by atoms with Gasteiger partial charge in [-0.3, -0.25) is 19.4 Å². The molecule has 1 heterocycles. The average molecular weight is 394 g/mol. The van der Waals surface area contributed by atoms with Crippen LogP contribution in [0.4, 0.5) is 5.69 Å². The second-order valence-corrected chi connectivity index (χ2v) is 7.55. The number of aryl methyl sites for hydroxylation is 1. The molecule has 2 aromatic carbocycles. The first-order valence-corrected chi connectivity index (χ1v) is 10.5. The van der Waals surface area contributed by atoms with E-state index in [9.17, 15) is 9.59 Å². The average Bonchev–Trinajstić information content (AvgIpc) is 3.14. The van der Waals surface area contributed by atoms with E-state index in [1.807, 2.05) is 30.3 Å². The number of carbonyl (C=O) groups excluding carboxylic acids is 2. The Bertz CT molecular complexity index is 816. The Labute approximate surface area is 173 Å². The molecule has 2 atom stereocenters. The minimum absolute atomic E-state index is 0.00942. The molecule has 2 amide bonds. The van der Waals surface area contributed by atoms with E-state index in [1.54, 1.807) is 4.90 Å². The van der Waals surface area contributed by atoms with Crippen LogP contribution in [-0.2, 0) is 9.59 Å². The van der Waals surface area contributed by atoms with E-state index >= 15 is 0 Å². The molecule has 2 aromatic rings. The van der Waals surface area contributed by atoms with Crippen molar-refractivity contribution < 1.29 is 9.59 Å². The molecular formula is C24H31N3O2. The van der Waals surface area contributed by atoms with Crippen LogP contribution >= 0.6 is 0 Å². The van der Waals surface area contributed by atoms with E-state index in [0.717, 1.165) is 18.8 Å². The molecule has 3 rings (SSSR count). The van der Waals surface area contributed by atoms with Gasteiger partial charge in [-0.1, -0.05) is 61.9 Å². The van der Waals surface area contributed by atoms with Crippen molar-refractivity contribution in [2.45, 2.75) is 45.7 Å². The van der Waals surface area contributed by atoms with Gasteiger partial charge in [0.05, 0.1) is 6.04 Å². The van der Waals surface area contributed by atoms with Crippen molar-refractivity contribution in [2.75, 3.05) is 24.5 Å². The van der Waals surface area contributed by atoms with Crippen molar-refractivity contribution in [3.8, 4) is 0 Å². The summed E-state index contributed by atoms with van der Waals surface area (Å²) in [5, 5.41) is 3.13. The van der Waals surface area contributed by atoms with Gasteiger partial charge in [-0.05, 0) is 44.1 Å². The molecule has 0 radical (unpaired) electrons. The summed E-state index contributed by atoms with van der Waals surface area (Å²) in [7, 11) is 0. The molecule has 1 fully saturated rings. The molecule has 29 heavy (non-hydrogen) atoms. The van der Waals surface area contributed by atoms with Gasteiger partial charge in [0.2, 0.25) is 11.8 Å². The topological polar surface area (TPSA) is 52.7 Å². The number of hydrogen-bond acceptors (Lipinski definition) is 3. The Hall–Kier alpha value is -2.66. The van der Waals surface area contributed by atoms with Crippen LogP contribution in [0.2, 0.25) is 0 Å². The number of anilines is 1. The standard InChI is InChI=1S/C24H31N3O2/c1-4-26(5-2)22(19-13-11-18(3)12-14-19)17-25-24(29)21-15-16-23(28)27(21)20-9-7-6-8-10-20/h6-14,21-22H,4-5,15-17H2,1-3H3,(H,25,29). The molecule has 5 nitrogen and oxygen atoms in total. The first-order chi connectivity index (χ1) is 14.0. The van der Waals surface area contributed by atoms with Crippen molar-refractivity contribution in [1.29, 1.82) is 0 Å². The van der Waals surface area contributed by atoms with Crippen molar-refractivity contribution >= 4 is 17.5 Å².